The Balaban J connectivity index is 0.00000552. The molecule has 0 aromatic rings. The quantitative estimate of drug-likeness (QED) is 0.0730. The minimum Gasteiger partial charge on any atom is -0.870 e. The van der Waals surface area contributed by atoms with E-state index in [1.807, 2.05) is 21.1 Å². The summed E-state index contributed by atoms with van der Waals surface area (Å²) in [5.41, 5.74) is 2.54. The molecule has 3 saturated carbocycles. The molecule has 0 saturated heterocycles. The summed E-state index contributed by atoms with van der Waals surface area (Å²) < 4.78 is 34.6. The molecule has 0 bridgehead atoms. The van der Waals surface area contributed by atoms with Crippen molar-refractivity contribution in [2.24, 2.45) is 46.3 Å². The first-order valence-corrected chi connectivity index (χ1v) is 19.5. The summed E-state index contributed by atoms with van der Waals surface area (Å²) in [4.78, 5) is 9.82. The molecule has 4 aliphatic rings. The molecule has 45 heavy (non-hydrogen) atoms. The van der Waals surface area contributed by atoms with Crippen LogP contribution in [0.15, 0.2) is 11.6 Å². The number of rotatable bonds is 17. The lowest BCUT2D eigenvalue weighted by Gasteiger charge is -2.58. The molecule has 264 valence electrons. The van der Waals surface area contributed by atoms with Gasteiger partial charge >= 0.3 is 7.82 Å². The third-order valence-corrected chi connectivity index (χ3v) is 13.4. The number of nitrogens with zero attached hydrogens (tertiary/aromatic N) is 1. The van der Waals surface area contributed by atoms with Crippen LogP contribution in [0.4, 0.5) is 0 Å². The summed E-state index contributed by atoms with van der Waals surface area (Å²) in [7, 11) is 1.97. The highest BCUT2D eigenvalue weighted by Gasteiger charge is 2.59. The fourth-order valence-corrected chi connectivity index (χ4v) is 10.5. The Morgan fingerprint density at radius 1 is 0.933 bits per heavy atom. The maximum Gasteiger partial charge on any atom is 0.472 e. The number of phosphoric ester groups is 1. The Kier molecular flexibility index (Phi) is 14.3. The van der Waals surface area contributed by atoms with E-state index in [9.17, 15) is 9.46 Å². The van der Waals surface area contributed by atoms with Crippen LogP contribution in [0, 0.1) is 46.3 Å². The van der Waals surface area contributed by atoms with Crippen molar-refractivity contribution in [2.75, 3.05) is 60.7 Å². The molecule has 3 fully saturated rings. The van der Waals surface area contributed by atoms with E-state index in [0.717, 1.165) is 48.3 Å². The summed E-state index contributed by atoms with van der Waals surface area (Å²) in [6.07, 6.45) is 17.5. The fraction of sp³-hybridized carbons (Fsp3) is 0.944. The summed E-state index contributed by atoms with van der Waals surface area (Å²) in [6, 6.07) is 0. The molecule has 9 atom stereocenters. The van der Waals surface area contributed by atoms with Gasteiger partial charge in [-0.15, -0.1) is 0 Å². The lowest BCUT2D eigenvalue weighted by Crippen LogP contribution is -2.51. The summed E-state index contributed by atoms with van der Waals surface area (Å²) in [5.74, 6) is 5.20. The number of ether oxygens (including phenoxy) is 2. The zero-order valence-corrected chi connectivity index (χ0v) is 30.9. The SMILES string of the molecule is CC(C)CCC[C@@H](C)[C@H]1CC[C@H]2[C@@H]3CC=C4C[C@@H](OCCOCCOP(=O)(O)OCC[N+](C)(C)C)CC[C@]4(C)[C@H]3CC[C@]12C.[OH-]. The van der Waals surface area contributed by atoms with Gasteiger partial charge in [-0.3, -0.25) is 9.05 Å². The Morgan fingerprint density at radius 2 is 1.64 bits per heavy atom. The van der Waals surface area contributed by atoms with Gasteiger partial charge in [0.25, 0.3) is 0 Å². The zero-order valence-electron chi connectivity index (χ0n) is 30.0. The Morgan fingerprint density at radius 3 is 2.36 bits per heavy atom. The second kappa shape index (κ2) is 16.4. The predicted molar refractivity (Wildman–Crippen MR) is 180 cm³/mol. The van der Waals surface area contributed by atoms with E-state index in [-0.39, 0.29) is 31.4 Å². The number of likely N-dealkylation sites (N-methyl/N-ethyl adjacent to an activating group) is 1. The monoisotopic (exact) mass is 657 g/mol. The van der Waals surface area contributed by atoms with Crippen LogP contribution in [-0.2, 0) is 23.1 Å². The normalized spacial score (nSPS) is 35.1. The van der Waals surface area contributed by atoms with Gasteiger partial charge < -0.3 is 24.3 Å². The van der Waals surface area contributed by atoms with Crippen molar-refractivity contribution in [3.63, 3.8) is 0 Å². The fourth-order valence-electron chi connectivity index (χ4n) is 9.85. The van der Waals surface area contributed by atoms with Crippen LogP contribution in [0.3, 0.4) is 0 Å². The number of phosphoric acid groups is 1. The van der Waals surface area contributed by atoms with Crippen molar-refractivity contribution in [2.45, 2.75) is 111 Å². The van der Waals surface area contributed by atoms with Gasteiger partial charge in [0.2, 0.25) is 0 Å². The molecular weight excluding hydrogens is 589 g/mol. The summed E-state index contributed by atoms with van der Waals surface area (Å²) >= 11 is 0. The molecule has 0 aromatic heterocycles. The third kappa shape index (κ3) is 10.1. The van der Waals surface area contributed by atoms with Crippen LogP contribution in [0.5, 0.6) is 0 Å². The Bertz CT molecular complexity index is 998. The second-order valence-electron chi connectivity index (χ2n) is 16.8. The van der Waals surface area contributed by atoms with Crippen molar-refractivity contribution in [3.05, 3.63) is 11.6 Å². The van der Waals surface area contributed by atoms with Gasteiger partial charge in [-0.25, -0.2) is 4.57 Å². The van der Waals surface area contributed by atoms with E-state index >= 15 is 0 Å². The van der Waals surface area contributed by atoms with E-state index in [0.29, 0.717) is 35.1 Å². The molecule has 0 heterocycles. The summed E-state index contributed by atoms with van der Waals surface area (Å²) in [5, 5.41) is 0. The van der Waals surface area contributed by atoms with Gasteiger partial charge in [0.1, 0.15) is 13.2 Å². The van der Waals surface area contributed by atoms with E-state index in [2.05, 4.69) is 40.7 Å². The molecule has 0 aromatic carbocycles. The van der Waals surface area contributed by atoms with E-state index < -0.39 is 7.82 Å². The first kappa shape index (κ1) is 39.1. The maximum atomic E-state index is 12.0. The largest absolute Gasteiger partial charge is 0.870 e. The molecule has 0 amide bonds. The highest BCUT2D eigenvalue weighted by Crippen LogP contribution is 2.67. The molecule has 0 radical (unpaired) electrons. The first-order chi connectivity index (χ1) is 20.6. The van der Waals surface area contributed by atoms with Crippen LogP contribution in [-0.4, -0.2) is 81.7 Å². The number of hydrogen-bond acceptors (Lipinski definition) is 6. The highest BCUT2D eigenvalue weighted by molar-refractivity contribution is 7.47. The minimum atomic E-state index is -4.04. The Hall–Kier alpha value is -0.310. The lowest BCUT2D eigenvalue weighted by atomic mass is 9.47. The highest BCUT2D eigenvalue weighted by atomic mass is 31.2. The van der Waals surface area contributed by atoms with Crippen LogP contribution in [0.1, 0.15) is 105 Å². The molecule has 1 unspecified atom stereocenters. The van der Waals surface area contributed by atoms with Crippen LogP contribution < -0.4 is 0 Å². The van der Waals surface area contributed by atoms with Crippen LogP contribution in [0.25, 0.3) is 0 Å². The average Bonchev–Trinajstić information content (AvgIpc) is 3.28. The van der Waals surface area contributed by atoms with Crippen molar-refractivity contribution < 1.29 is 37.9 Å². The van der Waals surface area contributed by atoms with Crippen molar-refractivity contribution in [1.82, 2.24) is 0 Å². The van der Waals surface area contributed by atoms with Gasteiger partial charge in [0, 0.05) is 0 Å². The number of hydrogen-bond donors (Lipinski definition) is 1. The van der Waals surface area contributed by atoms with Crippen molar-refractivity contribution in [1.29, 1.82) is 0 Å². The maximum absolute atomic E-state index is 12.0. The zero-order chi connectivity index (χ0) is 32.2. The molecule has 2 N–H and O–H groups in total. The minimum absolute atomic E-state index is 0. The molecule has 0 spiro atoms. The van der Waals surface area contributed by atoms with E-state index in [1.54, 1.807) is 5.57 Å². The number of quaternary nitrogens is 1. The van der Waals surface area contributed by atoms with Gasteiger partial charge in [0.05, 0.1) is 53.7 Å². The number of allylic oxidation sites excluding steroid dienone is 1. The lowest BCUT2D eigenvalue weighted by molar-refractivity contribution is -0.870. The number of fused-ring (bicyclic) bond motifs is 5. The second-order valence-corrected chi connectivity index (χ2v) is 18.2. The van der Waals surface area contributed by atoms with E-state index in [1.165, 1.54) is 57.8 Å². The van der Waals surface area contributed by atoms with Gasteiger partial charge in [-0.2, -0.15) is 0 Å². The van der Waals surface area contributed by atoms with E-state index in [4.69, 9.17) is 18.5 Å². The molecule has 4 rings (SSSR count). The molecule has 9 heteroatoms. The molecule has 0 aliphatic heterocycles. The standard InChI is InChI=1S/C36H66NO6P.H2O/c1-27(2)10-9-11-28(3)32-14-15-33-31-13-12-29-26-30(16-18-35(29,4)34(31)17-19-36(32,33)5)41-24-22-40-23-25-43-44(38,39)42-21-20-37(6,7)8;/h12,27-28,30-34H,9-11,13-26H2,1-8H3;1H2/t28-,30+,31+,32-,33+,34+,35+,36-;/m1./s1. The third-order valence-electron chi connectivity index (χ3n) is 12.3. The van der Waals surface area contributed by atoms with Crippen LogP contribution >= 0.6 is 7.82 Å². The Labute approximate surface area is 275 Å². The molecule has 4 aliphatic carbocycles. The van der Waals surface area contributed by atoms with Gasteiger partial charge in [-0.1, -0.05) is 65.5 Å². The molecule has 8 nitrogen and oxygen atoms in total. The predicted octanol–water partition coefficient (Wildman–Crippen LogP) is 8.09. The van der Waals surface area contributed by atoms with Crippen molar-refractivity contribution >= 4 is 7.82 Å². The van der Waals surface area contributed by atoms with Gasteiger partial charge in [0.15, 0.2) is 0 Å². The summed E-state index contributed by atoms with van der Waals surface area (Å²) in [6.45, 7) is 14.6. The first-order valence-electron chi connectivity index (χ1n) is 18.0. The average molecular weight is 658 g/mol. The van der Waals surface area contributed by atoms with Crippen LogP contribution in [0.2, 0.25) is 0 Å². The smallest absolute Gasteiger partial charge is 0.472 e. The van der Waals surface area contributed by atoms with Gasteiger partial charge in [-0.05, 0) is 97.7 Å². The van der Waals surface area contributed by atoms with Crippen molar-refractivity contribution in [3.8, 4) is 0 Å². The molecular formula is C36H68NO7P. The topological polar surface area (TPSA) is 104 Å².